The van der Waals surface area contributed by atoms with E-state index in [4.69, 9.17) is 0 Å². The van der Waals surface area contributed by atoms with Crippen molar-refractivity contribution >= 4 is 16.9 Å². The van der Waals surface area contributed by atoms with Gasteiger partial charge < -0.3 is 0 Å². The molecule has 0 bridgehead atoms. The summed E-state index contributed by atoms with van der Waals surface area (Å²) < 4.78 is 1.71. The minimum atomic E-state index is 0.169. The molecule has 0 radical (unpaired) electrons. The first-order valence-corrected chi connectivity index (χ1v) is 11.6. The van der Waals surface area contributed by atoms with Gasteiger partial charge in [0.2, 0.25) is 5.91 Å². The Labute approximate surface area is 171 Å². The van der Waals surface area contributed by atoms with Gasteiger partial charge in [0.15, 0.2) is 0 Å². The van der Waals surface area contributed by atoms with Crippen LogP contribution >= 0.6 is 0 Å². The van der Waals surface area contributed by atoms with Crippen LogP contribution in [-0.4, -0.2) is 15.5 Å². The highest BCUT2D eigenvalue weighted by Crippen LogP contribution is 2.16. The van der Waals surface area contributed by atoms with Crippen LogP contribution in [0.1, 0.15) is 109 Å². The lowest BCUT2D eigenvalue weighted by atomic mass is 10.0. The van der Waals surface area contributed by atoms with Gasteiger partial charge in [0, 0.05) is 6.42 Å². The number of imidazole rings is 1. The maximum Gasteiger partial charge on any atom is 0.232 e. The lowest BCUT2D eigenvalue weighted by Crippen LogP contribution is -2.08. The van der Waals surface area contributed by atoms with Crippen LogP contribution in [0.15, 0.2) is 30.6 Å². The quantitative estimate of drug-likeness (QED) is 0.294. The number of carbonyl (C=O) groups excluding carboxylic acids is 1. The van der Waals surface area contributed by atoms with E-state index in [1.54, 1.807) is 10.9 Å². The Balaban J connectivity index is 1.40. The Morgan fingerprint density at radius 3 is 1.96 bits per heavy atom. The number of aromatic nitrogens is 2. The fourth-order valence-electron chi connectivity index (χ4n) is 3.87. The van der Waals surface area contributed by atoms with Crippen molar-refractivity contribution in [2.75, 3.05) is 0 Å². The van der Waals surface area contributed by atoms with Gasteiger partial charge in [0.25, 0.3) is 0 Å². The highest BCUT2D eigenvalue weighted by atomic mass is 16.2. The number of hydrogen-bond acceptors (Lipinski definition) is 2. The van der Waals surface area contributed by atoms with E-state index in [0.29, 0.717) is 6.42 Å². The maximum absolute atomic E-state index is 12.4. The molecule has 0 N–H and O–H groups in total. The lowest BCUT2D eigenvalue weighted by Gasteiger charge is -2.05. The second-order valence-corrected chi connectivity index (χ2v) is 8.67. The standard InChI is InChI=1S/C25H40N2O/c1-22(2)17-13-11-9-7-5-3-4-6-8-10-12-14-20-25(28)27-21-26-23-18-15-16-19-24(23)27/h15-16,18-19,21-22H,3-14,17,20H2,1-2H3. The first-order chi connectivity index (χ1) is 13.7. The molecule has 0 spiro atoms. The summed E-state index contributed by atoms with van der Waals surface area (Å²) in [5.41, 5.74) is 1.82. The number of benzene rings is 1. The molecule has 3 heteroatoms. The molecule has 0 unspecified atom stereocenters. The molecule has 0 amide bonds. The fraction of sp³-hybridized carbons (Fsp3) is 0.680. The summed E-state index contributed by atoms with van der Waals surface area (Å²) in [6.07, 6.45) is 19.6. The van der Waals surface area contributed by atoms with Crippen molar-refractivity contribution in [3.05, 3.63) is 30.6 Å². The van der Waals surface area contributed by atoms with Crippen molar-refractivity contribution < 1.29 is 4.79 Å². The molecule has 1 aromatic carbocycles. The molecule has 0 aliphatic carbocycles. The number of carbonyl (C=O) groups is 1. The molecular weight excluding hydrogens is 344 g/mol. The Hall–Kier alpha value is -1.64. The summed E-state index contributed by atoms with van der Waals surface area (Å²) in [6.45, 7) is 4.64. The highest BCUT2D eigenvalue weighted by Gasteiger charge is 2.09. The van der Waals surface area contributed by atoms with Crippen LogP contribution in [0.3, 0.4) is 0 Å². The summed E-state index contributed by atoms with van der Waals surface area (Å²) in [6, 6.07) is 7.83. The van der Waals surface area contributed by atoms with Crippen LogP contribution in [0.2, 0.25) is 0 Å². The zero-order valence-electron chi connectivity index (χ0n) is 18.2. The van der Waals surface area contributed by atoms with Gasteiger partial charge in [-0.1, -0.05) is 103 Å². The third kappa shape index (κ3) is 8.58. The summed E-state index contributed by atoms with van der Waals surface area (Å²) in [5.74, 6) is 1.03. The van der Waals surface area contributed by atoms with E-state index in [0.717, 1.165) is 29.8 Å². The Morgan fingerprint density at radius 2 is 1.36 bits per heavy atom. The van der Waals surface area contributed by atoms with E-state index < -0.39 is 0 Å². The number of hydrogen-bond donors (Lipinski definition) is 0. The van der Waals surface area contributed by atoms with E-state index >= 15 is 0 Å². The van der Waals surface area contributed by atoms with Gasteiger partial charge in [-0.25, -0.2) is 4.98 Å². The summed E-state index contributed by atoms with van der Waals surface area (Å²) in [7, 11) is 0. The van der Waals surface area contributed by atoms with Crippen molar-refractivity contribution in [3.8, 4) is 0 Å². The fourth-order valence-corrected chi connectivity index (χ4v) is 3.87. The highest BCUT2D eigenvalue weighted by molar-refractivity contribution is 5.90. The van der Waals surface area contributed by atoms with Gasteiger partial charge in [0.05, 0.1) is 11.0 Å². The van der Waals surface area contributed by atoms with Crippen LogP contribution in [0.4, 0.5) is 0 Å². The van der Waals surface area contributed by atoms with Crippen LogP contribution in [-0.2, 0) is 0 Å². The average Bonchev–Trinajstić information content (AvgIpc) is 3.12. The van der Waals surface area contributed by atoms with Crippen LogP contribution < -0.4 is 0 Å². The molecule has 0 saturated heterocycles. The van der Waals surface area contributed by atoms with Gasteiger partial charge in [0.1, 0.15) is 6.33 Å². The summed E-state index contributed by atoms with van der Waals surface area (Å²) in [5, 5.41) is 0. The normalized spacial score (nSPS) is 11.5. The van der Waals surface area contributed by atoms with Crippen LogP contribution in [0.5, 0.6) is 0 Å². The number of fused-ring (bicyclic) bond motifs is 1. The van der Waals surface area contributed by atoms with Crippen molar-refractivity contribution in [2.45, 2.75) is 104 Å². The third-order valence-electron chi connectivity index (χ3n) is 5.64. The van der Waals surface area contributed by atoms with E-state index in [-0.39, 0.29) is 5.91 Å². The largest absolute Gasteiger partial charge is 0.274 e. The smallest absolute Gasteiger partial charge is 0.232 e. The number of para-hydroxylation sites is 2. The van der Waals surface area contributed by atoms with Crippen molar-refractivity contribution in [3.63, 3.8) is 0 Å². The molecule has 1 aromatic heterocycles. The number of rotatable bonds is 15. The Kier molecular flexibility index (Phi) is 10.9. The molecule has 3 nitrogen and oxygen atoms in total. The number of unbranched alkanes of at least 4 members (excludes halogenated alkanes) is 11. The van der Waals surface area contributed by atoms with Crippen molar-refractivity contribution in [1.82, 2.24) is 9.55 Å². The minimum Gasteiger partial charge on any atom is -0.274 e. The lowest BCUT2D eigenvalue weighted by molar-refractivity contribution is 0.0903. The molecule has 0 aliphatic rings. The Bertz CT molecular complexity index is 674. The molecular formula is C25H40N2O. The first-order valence-electron chi connectivity index (χ1n) is 11.6. The summed E-state index contributed by atoms with van der Waals surface area (Å²) >= 11 is 0. The maximum atomic E-state index is 12.4. The SMILES string of the molecule is CC(C)CCCCCCCCCCCCCCC(=O)n1cnc2ccccc21. The zero-order chi connectivity index (χ0) is 20.0. The van der Waals surface area contributed by atoms with Gasteiger partial charge in [-0.15, -0.1) is 0 Å². The van der Waals surface area contributed by atoms with Gasteiger partial charge >= 0.3 is 0 Å². The predicted octanol–water partition coefficient (Wildman–Crippen LogP) is 7.79. The minimum absolute atomic E-state index is 0.169. The first kappa shape index (κ1) is 22.6. The second kappa shape index (κ2) is 13.5. The van der Waals surface area contributed by atoms with E-state index in [1.807, 2.05) is 24.3 Å². The molecule has 156 valence electrons. The van der Waals surface area contributed by atoms with Crippen molar-refractivity contribution in [2.24, 2.45) is 5.92 Å². The van der Waals surface area contributed by atoms with Gasteiger partial charge in [-0.05, 0) is 24.5 Å². The van der Waals surface area contributed by atoms with Crippen LogP contribution in [0, 0.1) is 5.92 Å². The number of nitrogens with zero attached hydrogens (tertiary/aromatic N) is 2. The molecule has 0 atom stereocenters. The van der Waals surface area contributed by atoms with E-state index in [9.17, 15) is 4.79 Å². The predicted molar refractivity (Wildman–Crippen MR) is 120 cm³/mol. The molecule has 0 fully saturated rings. The van der Waals surface area contributed by atoms with E-state index in [1.165, 1.54) is 70.6 Å². The molecule has 28 heavy (non-hydrogen) atoms. The van der Waals surface area contributed by atoms with Crippen molar-refractivity contribution in [1.29, 1.82) is 0 Å². The monoisotopic (exact) mass is 384 g/mol. The van der Waals surface area contributed by atoms with Gasteiger partial charge in [-0.2, -0.15) is 0 Å². The average molecular weight is 385 g/mol. The second-order valence-electron chi connectivity index (χ2n) is 8.67. The van der Waals surface area contributed by atoms with E-state index in [2.05, 4.69) is 18.8 Å². The topological polar surface area (TPSA) is 34.9 Å². The zero-order valence-corrected chi connectivity index (χ0v) is 18.2. The molecule has 1 heterocycles. The molecule has 2 rings (SSSR count). The van der Waals surface area contributed by atoms with Crippen LogP contribution in [0.25, 0.3) is 11.0 Å². The third-order valence-corrected chi connectivity index (χ3v) is 5.64. The molecule has 0 aliphatic heterocycles. The summed E-state index contributed by atoms with van der Waals surface area (Å²) in [4.78, 5) is 16.7. The molecule has 2 aromatic rings. The Morgan fingerprint density at radius 1 is 0.821 bits per heavy atom. The molecule has 0 saturated carbocycles. The van der Waals surface area contributed by atoms with Gasteiger partial charge in [-0.3, -0.25) is 9.36 Å².